The maximum absolute atomic E-state index is 7.16. The Bertz CT molecular complexity index is 1480. The summed E-state index contributed by atoms with van der Waals surface area (Å²) in [5.74, 6) is 0.927. The van der Waals surface area contributed by atoms with E-state index >= 15 is 0 Å². The first kappa shape index (κ1) is 24.7. The molecule has 0 aromatic heterocycles. The summed E-state index contributed by atoms with van der Waals surface area (Å²) in [6.07, 6.45) is 7.37. The number of hydrogen-bond acceptors (Lipinski definition) is 1. The molecule has 0 saturated heterocycles. The topological polar surface area (TPSA) is 9.23 Å². The normalized spacial score (nSPS) is 16.7. The average molecular weight is 505 g/mol. The zero-order valence-corrected chi connectivity index (χ0v) is 21.9. The minimum Gasteiger partial charge on any atom is -0.489 e. The molecule has 0 saturated carbocycles. The molecular weight excluding hydrogens is 472 g/mol. The van der Waals surface area contributed by atoms with Gasteiger partial charge in [-0.2, -0.15) is 0 Å². The van der Waals surface area contributed by atoms with E-state index in [4.69, 9.17) is 4.74 Å². The van der Waals surface area contributed by atoms with Crippen molar-refractivity contribution >= 4 is 0 Å². The summed E-state index contributed by atoms with van der Waals surface area (Å²) in [6, 6.07) is 53.7. The van der Waals surface area contributed by atoms with Crippen LogP contribution in [0, 0.1) is 0 Å². The van der Waals surface area contributed by atoms with Gasteiger partial charge in [0.25, 0.3) is 0 Å². The standard InChI is InChI=1S/C38H32O/c1-6-17-30(18-7-1)29-36(31-19-8-2-9-20-31)39-35-27-16-28-38(33-23-12-4-13-24-33,34-25-14-5-15-26-34)37(35)32-21-10-3-11-22-32/h1-28,36-37H,29H2. The minimum atomic E-state index is -0.429. The monoisotopic (exact) mass is 504 g/mol. The van der Waals surface area contributed by atoms with Gasteiger partial charge in [0, 0.05) is 6.42 Å². The fourth-order valence-corrected chi connectivity index (χ4v) is 5.90. The quantitative estimate of drug-likeness (QED) is 0.205. The lowest BCUT2D eigenvalue weighted by atomic mass is 9.61. The smallest absolute Gasteiger partial charge is 0.127 e. The molecule has 5 aromatic rings. The molecule has 0 N–H and O–H groups in total. The van der Waals surface area contributed by atoms with Gasteiger partial charge in [0.2, 0.25) is 0 Å². The van der Waals surface area contributed by atoms with Crippen molar-refractivity contribution < 1.29 is 4.74 Å². The highest BCUT2D eigenvalue weighted by Gasteiger charge is 2.45. The van der Waals surface area contributed by atoms with E-state index in [1.165, 1.54) is 27.8 Å². The van der Waals surface area contributed by atoms with E-state index in [-0.39, 0.29) is 12.0 Å². The highest BCUT2D eigenvalue weighted by Crippen LogP contribution is 2.52. The van der Waals surface area contributed by atoms with Gasteiger partial charge in [-0.1, -0.05) is 164 Å². The Morgan fingerprint density at radius 3 is 1.62 bits per heavy atom. The molecule has 1 aliphatic rings. The van der Waals surface area contributed by atoms with Crippen LogP contribution in [-0.2, 0) is 16.6 Å². The average Bonchev–Trinajstić information content (AvgIpc) is 3.03. The molecule has 0 amide bonds. The van der Waals surface area contributed by atoms with Gasteiger partial charge in [-0.25, -0.2) is 0 Å². The molecule has 0 aliphatic heterocycles. The van der Waals surface area contributed by atoms with Crippen molar-refractivity contribution in [3.63, 3.8) is 0 Å². The van der Waals surface area contributed by atoms with E-state index in [9.17, 15) is 0 Å². The van der Waals surface area contributed by atoms with E-state index in [1.807, 2.05) is 0 Å². The van der Waals surface area contributed by atoms with Gasteiger partial charge in [-0.05, 0) is 33.9 Å². The van der Waals surface area contributed by atoms with Crippen LogP contribution in [0.5, 0.6) is 0 Å². The zero-order chi connectivity index (χ0) is 26.3. The summed E-state index contributed by atoms with van der Waals surface area (Å²) in [5.41, 5.74) is 5.72. The molecule has 39 heavy (non-hydrogen) atoms. The molecule has 2 unspecified atom stereocenters. The van der Waals surface area contributed by atoms with Crippen LogP contribution in [0.3, 0.4) is 0 Å². The Hall–Kier alpha value is -4.62. The lowest BCUT2D eigenvalue weighted by molar-refractivity contribution is 0.0961. The van der Waals surface area contributed by atoms with Crippen LogP contribution in [-0.4, -0.2) is 0 Å². The van der Waals surface area contributed by atoms with Crippen LogP contribution in [0.25, 0.3) is 0 Å². The summed E-state index contributed by atoms with van der Waals surface area (Å²) in [6.45, 7) is 0. The number of rotatable bonds is 8. The first-order valence-electron chi connectivity index (χ1n) is 13.7. The fourth-order valence-electron chi connectivity index (χ4n) is 5.90. The van der Waals surface area contributed by atoms with Gasteiger partial charge in [0.1, 0.15) is 11.9 Å². The molecule has 190 valence electrons. The summed E-state index contributed by atoms with van der Waals surface area (Å²) >= 11 is 0. The van der Waals surface area contributed by atoms with Crippen molar-refractivity contribution in [2.24, 2.45) is 0 Å². The van der Waals surface area contributed by atoms with Crippen LogP contribution >= 0.6 is 0 Å². The van der Waals surface area contributed by atoms with E-state index < -0.39 is 5.41 Å². The molecule has 5 aromatic carbocycles. The Balaban J connectivity index is 1.50. The third kappa shape index (κ3) is 5.09. The lowest BCUT2D eigenvalue weighted by Crippen LogP contribution is -2.37. The van der Waals surface area contributed by atoms with Crippen LogP contribution in [0.2, 0.25) is 0 Å². The van der Waals surface area contributed by atoms with Crippen molar-refractivity contribution in [2.75, 3.05) is 0 Å². The van der Waals surface area contributed by atoms with Crippen molar-refractivity contribution in [3.05, 3.63) is 203 Å². The Morgan fingerprint density at radius 1 is 0.564 bits per heavy atom. The van der Waals surface area contributed by atoms with E-state index in [2.05, 4.69) is 170 Å². The predicted octanol–water partition coefficient (Wildman–Crippen LogP) is 9.21. The molecule has 0 fully saturated rings. The maximum atomic E-state index is 7.16. The largest absolute Gasteiger partial charge is 0.489 e. The zero-order valence-electron chi connectivity index (χ0n) is 21.9. The third-order valence-corrected chi connectivity index (χ3v) is 7.71. The second-order valence-electron chi connectivity index (χ2n) is 10.1. The molecule has 0 bridgehead atoms. The molecular formula is C38H32O. The first-order valence-corrected chi connectivity index (χ1v) is 13.7. The number of benzene rings is 5. The van der Waals surface area contributed by atoms with Gasteiger partial charge in [-0.3, -0.25) is 0 Å². The van der Waals surface area contributed by atoms with Gasteiger partial charge in [-0.15, -0.1) is 0 Å². The number of hydrogen-bond donors (Lipinski definition) is 0. The fraction of sp³-hybridized carbons (Fsp3) is 0.105. The van der Waals surface area contributed by atoms with E-state index in [0.717, 1.165) is 12.2 Å². The Kier molecular flexibility index (Phi) is 7.23. The van der Waals surface area contributed by atoms with E-state index in [1.54, 1.807) is 0 Å². The van der Waals surface area contributed by atoms with Gasteiger partial charge < -0.3 is 4.74 Å². The van der Waals surface area contributed by atoms with Gasteiger partial charge in [0.15, 0.2) is 0 Å². The van der Waals surface area contributed by atoms with Crippen LogP contribution < -0.4 is 0 Å². The van der Waals surface area contributed by atoms with Gasteiger partial charge >= 0.3 is 0 Å². The number of allylic oxidation sites excluding steroid dienone is 4. The Labute approximate surface area is 231 Å². The lowest BCUT2D eigenvalue weighted by Gasteiger charge is -2.43. The highest BCUT2D eigenvalue weighted by atomic mass is 16.5. The molecule has 1 aliphatic carbocycles. The van der Waals surface area contributed by atoms with Crippen molar-refractivity contribution in [1.29, 1.82) is 0 Å². The highest BCUT2D eigenvalue weighted by molar-refractivity contribution is 5.55. The second-order valence-corrected chi connectivity index (χ2v) is 10.1. The summed E-state index contributed by atoms with van der Waals surface area (Å²) in [7, 11) is 0. The van der Waals surface area contributed by atoms with Crippen LogP contribution in [0.4, 0.5) is 0 Å². The molecule has 0 spiro atoms. The Morgan fingerprint density at radius 2 is 1.05 bits per heavy atom. The van der Waals surface area contributed by atoms with Crippen LogP contribution in [0.15, 0.2) is 176 Å². The second kappa shape index (κ2) is 11.4. The van der Waals surface area contributed by atoms with Crippen LogP contribution in [0.1, 0.15) is 39.8 Å². The summed E-state index contributed by atoms with van der Waals surface area (Å²) < 4.78 is 7.16. The van der Waals surface area contributed by atoms with Crippen molar-refractivity contribution in [1.82, 2.24) is 0 Å². The first-order chi connectivity index (χ1) is 19.3. The molecule has 0 heterocycles. The third-order valence-electron chi connectivity index (χ3n) is 7.71. The maximum Gasteiger partial charge on any atom is 0.127 e. The minimum absolute atomic E-state index is 0.0458. The molecule has 2 atom stereocenters. The SMILES string of the molecule is C1=CC(c2ccccc2)(c2ccccc2)C(c2ccccc2)C(OC(Cc2ccccc2)c2ccccc2)=C1. The van der Waals surface area contributed by atoms with Gasteiger partial charge in [0.05, 0.1) is 11.3 Å². The summed E-state index contributed by atoms with van der Waals surface area (Å²) in [5, 5.41) is 0. The number of ether oxygens (including phenoxy) is 1. The van der Waals surface area contributed by atoms with E-state index in [0.29, 0.717) is 0 Å². The molecule has 1 heteroatoms. The summed E-state index contributed by atoms with van der Waals surface area (Å²) in [4.78, 5) is 0. The van der Waals surface area contributed by atoms with Crippen molar-refractivity contribution in [3.8, 4) is 0 Å². The molecule has 6 rings (SSSR count). The van der Waals surface area contributed by atoms with Crippen molar-refractivity contribution in [2.45, 2.75) is 23.9 Å². The molecule has 1 nitrogen and oxygen atoms in total. The predicted molar refractivity (Wildman–Crippen MR) is 160 cm³/mol. The molecule has 0 radical (unpaired) electrons.